The van der Waals surface area contributed by atoms with Crippen LogP contribution >= 0.6 is 35.0 Å². The van der Waals surface area contributed by atoms with Gasteiger partial charge in [-0.05, 0) is 42.2 Å². The molecule has 0 aromatic heterocycles. The Balaban J connectivity index is 1.86. The number of nitrogens with zero attached hydrogens (tertiary/aromatic N) is 2. The Labute approximate surface area is 243 Å². The Morgan fingerprint density at radius 1 is 1.03 bits per heavy atom. The standard InChI is InChI=1S/C29H31Cl2N3O4S/c1-3-20(2)32-29(36)27(15-21-7-5-4-6-8-21)33(17-23-11-12-24(30)16-26(23)31)28(35)19-39-18-22-9-13-25(14-10-22)34(37)38/h4-14,16,20,27H,3,15,17-19H2,1-2H3,(H,32,36)/t20-,27+/m1/s1. The van der Waals surface area contributed by atoms with Crippen LogP contribution in [0.25, 0.3) is 0 Å². The zero-order valence-electron chi connectivity index (χ0n) is 21.8. The molecular formula is C29H31Cl2N3O4S. The van der Waals surface area contributed by atoms with Gasteiger partial charge >= 0.3 is 0 Å². The van der Waals surface area contributed by atoms with Crippen LogP contribution in [-0.4, -0.2) is 39.5 Å². The van der Waals surface area contributed by atoms with Gasteiger partial charge in [-0.15, -0.1) is 11.8 Å². The van der Waals surface area contributed by atoms with Gasteiger partial charge in [0.25, 0.3) is 5.69 Å². The molecule has 0 heterocycles. The van der Waals surface area contributed by atoms with Gasteiger partial charge in [-0.2, -0.15) is 0 Å². The highest BCUT2D eigenvalue weighted by atomic mass is 35.5. The van der Waals surface area contributed by atoms with Gasteiger partial charge in [0.1, 0.15) is 6.04 Å². The molecule has 0 bridgehead atoms. The van der Waals surface area contributed by atoms with E-state index in [0.717, 1.165) is 17.5 Å². The first-order valence-electron chi connectivity index (χ1n) is 12.6. The van der Waals surface area contributed by atoms with Crippen molar-refractivity contribution in [1.29, 1.82) is 0 Å². The van der Waals surface area contributed by atoms with Crippen LogP contribution in [0.15, 0.2) is 72.8 Å². The summed E-state index contributed by atoms with van der Waals surface area (Å²) in [6.45, 7) is 4.06. The Bertz CT molecular complexity index is 1280. The van der Waals surface area contributed by atoms with Crippen molar-refractivity contribution in [2.75, 3.05) is 5.75 Å². The summed E-state index contributed by atoms with van der Waals surface area (Å²) in [6.07, 6.45) is 1.10. The average Bonchev–Trinajstić information content (AvgIpc) is 2.92. The molecule has 2 amide bonds. The molecule has 39 heavy (non-hydrogen) atoms. The van der Waals surface area contributed by atoms with Gasteiger partial charge in [0.05, 0.1) is 10.7 Å². The van der Waals surface area contributed by atoms with Gasteiger partial charge in [-0.1, -0.05) is 78.7 Å². The van der Waals surface area contributed by atoms with Crippen LogP contribution in [0.2, 0.25) is 10.0 Å². The minimum atomic E-state index is -0.763. The molecule has 206 valence electrons. The molecule has 3 rings (SSSR count). The van der Waals surface area contributed by atoms with E-state index in [0.29, 0.717) is 27.8 Å². The number of benzene rings is 3. The fourth-order valence-corrected chi connectivity index (χ4v) is 5.22. The van der Waals surface area contributed by atoms with Crippen LogP contribution in [0.5, 0.6) is 0 Å². The highest BCUT2D eigenvalue weighted by Crippen LogP contribution is 2.25. The van der Waals surface area contributed by atoms with Crippen LogP contribution in [0.4, 0.5) is 5.69 Å². The van der Waals surface area contributed by atoms with E-state index in [1.807, 2.05) is 44.2 Å². The van der Waals surface area contributed by atoms with Crippen LogP contribution in [0.3, 0.4) is 0 Å². The molecule has 0 aliphatic rings. The summed E-state index contributed by atoms with van der Waals surface area (Å²) < 4.78 is 0. The van der Waals surface area contributed by atoms with E-state index in [-0.39, 0.29) is 35.8 Å². The summed E-state index contributed by atoms with van der Waals surface area (Å²) in [7, 11) is 0. The lowest BCUT2D eigenvalue weighted by Gasteiger charge is -2.32. The Hall–Kier alpha value is -3.07. The molecule has 3 aromatic rings. The van der Waals surface area contributed by atoms with Crippen molar-refractivity contribution >= 4 is 52.5 Å². The third-order valence-corrected chi connectivity index (χ3v) is 7.84. The topological polar surface area (TPSA) is 92.6 Å². The maximum atomic E-state index is 13.7. The molecule has 1 N–H and O–H groups in total. The van der Waals surface area contributed by atoms with Crippen LogP contribution < -0.4 is 5.32 Å². The minimum absolute atomic E-state index is 0.0157. The smallest absolute Gasteiger partial charge is 0.269 e. The molecule has 0 fully saturated rings. The number of non-ortho nitro benzene ring substituents is 1. The number of nitro benzene ring substituents is 1. The number of thioether (sulfide) groups is 1. The van der Waals surface area contributed by atoms with E-state index in [4.69, 9.17) is 23.2 Å². The summed E-state index contributed by atoms with van der Waals surface area (Å²) in [4.78, 5) is 39.3. The molecule has 2 atom stereocenters. The molecule has 0 aliphatic carbocycles. The third kappa shape index (κ3) is 9.27. The number of halogens is 2. The predicted octanol–water partition coefficient (Wildman–Crippen LogP) is 6.69. The summed E-state index contributed by atoms with van der Waals surface area (Å²) >= 11 is 13.9. The molecule has 0 aliphatic heterocycles. The highest BCUT2D eigenvalue weighted by Gasteiger charge is 2.31. The van der Waals surface area contributed by atoms with Gasteiger partial charge in [0.15, 0.2) is 0 Å². The summed E-state index contributed by atoms with van der Waals surface area (Å²) in [5.74, 6) is 0.159. The van der Waals surface area contributed by atoms with Crippen LogP contribution in [0.1, 0.15) is 37.0 Å². The normalized spacial score (nSPS) is 12.4. The number of hydrogen-bond donors (Lipinski definition) is 1. The van der Waals surface area contributed by atoms with Gasteiger partial charge in [-0.3, -0.25) is 19.7 Å². The molecule has 0 radical (unpaired) electrons. The first kappa shape index (κ1) is 30.5. The number of hydrogen-bond acceptors (Lipinski definition) is 5. The van der Waals surface area contributed by atoms with Crippen molar-refractivity contribution in [1.82, 2.24) is 10.2 Å². The largest absolute Gasteiger partial charge is 0.352 e. The quantitative estimate of drug-likeness (QED) is 0.177. The second-order valence-electron chi connectivity index (χ2n) is 9.20. The van der Waals surface area contributed by atoms with Gasteiger partial charge in [0.2, 0.25) is 11.8 Å². The van der Waals surface area contributed by atoms with Crippen molar-refractivity contribution in [2.24, 2.45) is 0 Å². The molecule has 10 heteroatoms. The summed E-state index contributed by atoms with van der Waals surface area (Å²) in [6, 6.07) is 20.1. The monoisotopic (exact) mass is 587 g/mol. The van der Waals surface area contributed by atoms with E-state index in [1.54, 1.807) is 35.2 Å². The van der Waals surface area contributed by atoms with Crippen molar-refractivity contribution in [3.63, 3.8) is 0 Å². The SMILES string of the molecule is CC[C@@H](C)NC(=O)[C@H](Cc1ccccc1)N(Cc1ccc(Cl)cc1Cl)C(=O)CSCc1ccc([N+](=O)[O-])cc1. The lowest BCUT2D eigenvalue weighted by Crippen LogP contribution is -2.52. The number of rotatable bonds is 13. The number of carbonyl (C=O) groups excluding carboxylic acids is 2. The van der Waals surface area contributed by atoms with Crippen molar-refractivity contribution < 1.29 is 14.5 Å². The first-order valence-corrected chi connectivity index (χ1v) is 14.5. The second kappa shape index (κ2) is 14.9. The third-order valence-electron chi connectivity index (χ3n) is 6.27. The molecule has 7 nitrogen and oxygen atoms in total. The van der Waals surface area contributed by atoms with Gasteiger partial charge in [0, 0.05) is 46.9 Å². The van der Waals surface area contributed by atoms with Crippen molar-refractivity contribution in [3.8, 4) is 0 Å². The van der Waals surface area contributed by atoms with E-state index < -0.39 is 11.0 Å². The Morgan fingerprint density at radius 3 is 2.33 bits per heavy atom. The molecule has 0 unspecified atom stereocenters. The second-order valence-corrected chi connectivity index (χ2v) is 11.0. The van der Waals surface area contributed by atoms with Crippen LogP contribution in [-0.2, 0) is 28.3 Å². The van der Waals surface area contributed by atoms with Crippen molar-refractivity contribution in [2.45, 2.75) is 51.1 Å². The molecule has 0 saturated heterocycles. The van der Waals surface area contributed by atoms with E-state index in [1.165, 1.54) is 23.9 Å². The fraction of sp³-hybridized carbons (Fsp3) is 0.310. The zero-order chi connectivity index (χ0) is 28.4. The zero-order valence-corrected chi connectivity index (χ0v) is 24.1. The van der Waals surface area contributed by atoms with Crippen LogP contribution in [0, 0.1) is 10.1 Å². The average molecular weight is 589 g/mol. The van der Waals surface area contributed by atoms with Gasteiger partial charge in [-0.25, -0.2) is 0 Å². The first-order chi connectivity index (χ1) is 18.7. The molecule has 0 saturated carbocycles. The summed E-state index contributed by atoms with van der Waals surface area (Å²) in [5.41, 5.74) is 2.49. The van der Waals surface area contributed by atoms with E-state index in [2.05, 4.69) is 5.32 Å². The number of amides is 2. The number of nitrogens with one attached hydrogen (secondary N) is 1. The van der Waals surface area contributed by atoms with E-state index >= 15 is 0 Å². The Morgan fingerprint density at radius 2 is 1.72 bits per heavy atom. The lowest BCUT2D eigenvalue weighted by molar-refractivity contribution is -0.384. The van der Waals surface area contributed by atoms with Gasteiger partial charge < -0.3 is 10.2 Å². The maximum absolute atomic E-state index is 13.7. The summed E-state index contributed by atoms with van der Waals surface area (Å²) in [5, 5.41) is 14.9. The Kier molecular flexibility index (Phi) is 11.7. The van der Waals surface area contributed by atoms with E-state index in [9.17, 15) is 19.7 Å². The number of nitro groups is 1. The highest BCUT2D eigenvalue weighted by molar-refractivity contribution is 7.99. The number of carbonyl (C=O) groups is 2. The fourth-order valence-electron chi connectivity index (χ4n) is 3.88. The minimum Gasteiger partial charge on any atom is -0.352 e. The molecule has 0 spiro atoms. The molecular weight excluding hydrogens is 557 g/mol. The lowest BCUT2D eigenvalue weighted by atomic mass is 10.0. The molecule has 3 aromatic carbocycles. The predicted molar refractivity (Wildman–Crippen MR) is 158 cm³/mol. The van der Waals surface area contributed by atoms with Crippen molar-refractivity contribution in [3.05, 3.63) is 110 Å². The maximum Gasteiger partial charge on any atom is 0.269 e.